The number of nitrogens with zero attached hydrogens (tertiary/aromatic N) is 2. The molecule has 1 aliphatic heterocycles. The first-order valence-electron chi connectivity index (χ1n) is 6.33. The smallest absolute Gasteiger partial charge is 0.274 e. The Morgan fingerprint density at radius 3 is 3.06 bits per heavy atom. The van der Waals surface area contributed by atoms with Gasteiger partial charge < -0.3 is 10.6 Å². The van der Waals surface area contributed by atoms with Gasteiger partial charge in [0.25, 0.3) is 5.91 Å². The van der Waals surface area contributed by atoms with Gasteiger partial charge in [-0.15, -0.1) is 0 Å². The first-order valence-corrected chi connectivity index (χ1v) is 6.33. The molecule has 0 radical (unpaired) electrons. The van der Waals surface area contributed by atoms with E-state index < -0.39 is 0 Å². The van der Waals surface area contributed by atoms with Crippen LogP contribution in [0.3, 0.4) is 0 Å². The molecule has 5 nitrogen and oxygen atoms in total. The molecule has 0 aromatic carbocycles. The zero-order chi connectivity index (χ0) is 12.3. The second-order valence-electron chi connectivity index (χ2n) is 4.61. The van der Waals surface area contributed by atoms with Gasteiger partial charge in [-0.2, -0.15) is 5.10 Å². The standard InChI is InChI=1S/C12H20N4O/c1-2-9-6-4-3-5-7-16(9)12(17)11-10(13)8-14-15-11/h8-9H,2-7,13H2,1H3,(H,14,15). The maximum Gasteiger partial charge on any atom is 0.274 e. The van der Waals surface area contributed by atoms with Crippen molar-refractivity contribution in [1.82, 2.24) is 15.1 Å². The Morgan fingerprint density at radius 2 is 2.41 bits per heavy atom. The van der Waals surface area contributed by atoms with Crippen molar-refractivity contribution in [2.45, 2.75) is 45.1 Å². The summed E-state index contributed by atoms with van der Waals surface area (Å²) in [7, 11) is 0. The summed E-state index contributed by atoms with van der Waals surface area (Å²) in [5.74, 6) is -0.00579. The van der Waals surface area contributed by atoms with E-state index in [-0.39, 0.29) is 5.91 Å². The van der Waals surface area contributed by atoms with Crippen molar-refractivity contribution in [3.63, 3.8) is 0 Å². The van der Waals surface area contributed by atoms with Crippen LogP contribution < -0.4 is 5.73 Å². The lowest BCUT2D eigenvalue weighted by atomic mass is 10.1. The third-order valence-corrected chi connectivity index (χ3v) is 3.49. The third-order valence-electron chi connectivity index (χ3n) is 3.49. The van der Waals surface area contributed by atoms with Crippen LogP contribution in [0, 0.1) is 0 Å². The third kappa shape index (κ3) is 2.43. The molecule has 0 bridgehead atoms. The Labute approximate surface area is 101 Å². The normalized spacial score (nSPS) is 21.2. The van der Waals surface area contributed by atoms with Crippen molar-refractivity contribution in [3.05, 3.63) is 11.9 Å². The van der Waals surface area contributed by atoms with Gasteiger partial charge in [-0.05, 0) is 19.3 Å². The fourth-order valence-corrected chi connectivity index (χ4v) is 2.48. The molecule has 1 unspecified atom stereocenters. The molecule has 94 valence electrons. The number of amides is 1. The number of nitrogens with two attached hydrogens (primary N) is 1. The van der Waals surface area contributed by atoms with Gasteiger partial charge in [-0.3, -0.25) is 9.89 Å². The Morgan fingerprint density at radius 1 is 1.59 bits per heavy atom. The van der Waals surface area contributed by atoms with E-state index in [0.717, 1.165) is 25.8 Å². The van der Waals surface area contributed by atoms with Crippen LogP contribution in [-0.4, -0.2) is 33.6 Å². The van der Waals surface area contributed by atoms with Crippen LogP contribution in [0.4, 0.5) is 5.69 Å². The number of carbonyl (C=O) groups is 1. The minimum Gasteiger partial charge on any atom is -0.396 e. The predicted molar refractivity (Wildman–Crippen MR) is 66.6 cm³/mol. The number of likely N-dealkylation sites (tertiary alicyclic amines) is 1. The van der Waals surface area contributed by atoms with E-state index in [4.69, 9.17) is 5.73 Å². The number of aromatic nitrogens is 2. The SMILES string of the molecule is CCC1CCCCCN1C(=O)c1[nH]ncc1N. The second-order valence-corrected chi connectivity index (χ2v) is 4.61. The number of H-pyrrole nitrogens is 1. The Bertz CT molecular complexity index is 388. The van der Waals surface area contributed by atoms with Crippen LogP contribution in [0.1, 0.15) is 49.5 Å². The van der Waals surface area contributed by atoms with E-state index >= 15 is 0 Å². The molecule has 5 heteroatoms. The van der Waals surface area contributed by atoms with E-state index in [1.54, 1.807) is 0 Å². The Kier molecular flexibility index (Phi) is 3.66. The molecule has 2 rings (SSSR count). The van der Waals surface area contributed by atoms with E-state index in [1.807, 2.05) is 4.90 Å². The molecule has 1 aliphatic rings. The number of hydrogen-bond acceptors (Lipinski definition) is 3. The Balaban J connectivity index is 2.18. The first kappa shape index (κ1) is 12.0. The molecule has 1 saturated heterocycles. The quantitative estimate of drug-likeness (QED) is 0.822. The van der Waals surface area contributed by atoms with Gasteiger partial charge in [-0.1, -0.05) is 19.8 Å². The van der Waals surface area contributed by atoms with Crippen molar-refractivity contribution in [2.24, 2.45) is 0 Å². The van der Waals surface area contributed by atoms with Crippen molar-refractivity contribution in [1.29, 1.82) is 0 Å². The molecule has 17 heavy (non-hydrogen) atoms. The molecule has 3 N–H and O–H groups in total. The summed E-state index contributed by atoms with van der Waals surface area (Å²) in [4.78, 5) is 14.3. The highest BCUT2D eigenvalue weighted by Gasteiger charge is 2.26. The largest absolute Gasteiger partial charge is 0.396 e. The van der Waals surface area contributed by atoms with E-state index in [9.17, 15) is 4.79 Å². The highest BCUT2D eigenvalue weighted by atomic mass is 16.2. The average Bonchev–Trinajstić information content (AvgIpc) is 2.64. The minimum atomic E-state index is -0.00579. The molecule has 2 heterocycles. The fraction of sp³-hybridized carbons (Fsp3) is 0.667. The lowest BCUT2D eigenvalue weighted by Gasteiger charge is -2.28. The molecule has 1 aromatic rings. The molecular weight excluding hydrogens is 216 g/mol. The van der Waals surface area contributed by atoms with Crippen LogP contribution in [0.15, 0.2) is 6.20 Å². The maximum absolute atomic E-state index is 12.4. The van der Waals surface area contributed by atoms with Crippen molar-refractivity contribution < 1.29 is 4.79 Å². The van der Waals surface area contributed by atoms with Crippen molar-refractivity contribution in [2.75, 3.05) is 12.3 Å². The van der Waals surface area contributed by atoms with Gasteiger partial charge in [0.15, 0.2) is 0 Å². The number of nitrogen functional groups attached to an aromatic ring is 1. The second kappa shape index (κ2) is 5.21. The van der Waals surface area contributed by atoms with Gasteiger partial charge in [0.2, 0.25) is 0 Å². The summed E-state index contributed by atoms with van der Waals surface area (Å²) in [5, 5.41) is 6.52. The lowest BCUT2D eigenvalue weighted by Crippen LogP contribution is -2.40. The zero-order valence-electron chi connectivity index (χ0n) is 10.3. The van der Waals surface area contributed by atoms with Crippen LogP contribution in [0.5, 0.6) is 0 Å². The van der Waals surface area contributed by atoms with Crippen LogP contribution in [0.25, 0.3) is 0 Å². The lowest BCUT2D eigenvalue weighted by molar-refractivity contribution is 0.0673. The molecule has 1 aromatic heterocycles. The minimum absolute atomic E-state index is 0.00579. The summed E-state index contributed by atoms with van der Waals surface area (Å²) in [6.07, 6.45) is 7.08. The average molecular weight is 236 g/mol. The number of hydrogen-bond donors (Lipinski definition) is 2. The number of anilines is 1. The monoisotopic (exact) mass is 236 g/mol. The Hall–Kier alpha value is -1.52. The summed E-state index contributed by atoms with van der Waals surface area (Å²) in [6, 6.07) is 0.340. The highest BCUT2D eigenvalue weighted by Crippen LogP contribution is 2.22. The summed E-state index contributed by atoms with van der Waals surface area (Å²) in [6.45, 7) is 2.96. The summed E-state index contributed by atoms with van der Waals surface area (Å²) < 4.78 is 0. The topological polar surface area (TPSA) is 75.0 Å². The molecule has 1 fully saturated rings. The maximum atomic E-state index is 12.4. The van der Waals surface area contributed by atoms with Crippen molar-refractivity contribution >= 4 is 11.6 Å². The van der Waals surface area contributed by atoms with Crippen LogP contribution in [0.2, 0.25) is 0 Å². The predicted octanol–water partition coefficient (Wildman–Crippen LogP) is 1.79. The number of rotatable bonds is 2. The van der Waals surface area contributed by atoms with E-state index in [1.165, 1.54) is 19.0 Å². The highest BCUT2D eigenvalue weighted by molar-refractivity contribution is 5.97. The van der Waals surface area contributed by atoms with Crippen LogP contribution in [-0.2, 0) is 0 Å². The number of aromatic amines is 1. The van der Waals surface area contributed by atoms with Gasteiger partial charge in [0, 0.05) is 12.6 Å². The summed E-state index contributed by atoms with van der Waals surface area (Å²) >= 11 is 0. The molecule has 0 spiro atoms. The summed E-state index contributed by atoms with van der Waals surface area (Å²) in [5.41, 5.74) is 6.61. The van der Waals surface area contributed by atoms with Crippen molar-refractivity contribution in [3.8, 4) is 0 Å². The van der Waals surface area contributed by atoms with Gasteiger partial charge >= 0.3 is 0 Å². The number of carbonyl (C=O) groups excluding carboxylic acids is 1. The molecular formula is C12H20N4O. The molecule has 0 saturated carbocycles. The zero-order valence-corrected chi connectivity index (χ0v) is 10.3. The van der Waals surface area contributed by atoms with Gasteiger partial charge in [0.05, 0.1) is 11.9 Å². The van der Waals surface area contributed by atoms with Gasteiger partial charge in [0.1, 0.15) is 5.69 Å². The molecule has 1 atom stereocenters. The molecule has 1 amide bonds. The van der Waals surface area contributed by atoms with E-state index in [2.05, 4.69) is 17.1 Å². The van der Waals surface area contributed by atoms with E-state index in [0.29, 0.717) is 17.4 Å². The molecule has 0 aliphatic carbocycles. The fourth-order valence-electron chi connectivity index (χ4n) is 2.48. The number of nitrogens with one attached hydrogen (secondary N) is 1. The van der Waals surface area contributed by atoms with Gasteiger partial charge in [-0.25, -0.2) is 0 Å². The first-order chi connectivity index (χ1) is 8.24. The van der Waals surface area contributed by atoms with Crippen LogP contribution >= 0.6 is 0 Å².